The Morgan fingerprint density at radius 1 is 0.900 bits per heavy atom. The molecule has 0 spiro atoms. The van der Waals surface area contributed by atoms with Gasteiger partial charge in [0.25, 0.3) is 0 Å². The lowest BCUT2D eigenvalue weighted by molar-refractivity contribution is -0.146. The number of aliphatic carboxylic acids is 3. The van der Waals surface area contributed by atoms with Gasteiger partial charge in [0.15, 0.2) is 6.10 Å². The molecule has 0 saturated carbocycles. The molecule has 0 aliphatic rings. The zero-order valence-corrected chi connectivity index (χ0v) is 11.1. The highest BCUT2D eigenvalue weighted by molar-refractivity contribution is 5.74. The molecule has 0 heterocycles. The van der Waals surface area contributed by atoms with Gasteiger partial charge in [-0.05, 0) is 32.9 Å². The molecular formula is C11H20N2O7. The van der Waals surface area contributed by atoms with Crippen LogP contribution in [0, 0.1) is 0 Å². The number of aliphatic hydroxyl groups is 1. The molecule has 0 aromatic rings. The number of nitrogens with one attached hydrogen (secondary N) is 2. The van der Waals surface area contributed by atoms with E-state index in [1.807, 2.05) is 0 Å². The van der Waals surface area contributed by atoms with Gasteiger partial charge >= 0.3 is 17.9 Å². The topological polar surface area (TPSA) is 156 Å². The predicted octanol–water partition coefficient (Wildman–Crippen LogP) is -1.68. The lowest BCUT2D eigenvalue weighted by Gasteiger charge is -2.16. The van der Waals surface area contributed by atoms with E-state index in [1.54, 1.807) is 0 Å². The average molecular weight is 292 g/mol. The maximum atomic E-state index is 10.9. The molecule has 0 bridgehead atoms. The van der Waals surface area contributed by atoms with E-state index in [1.165, 1.54) is 6.92 Å². The van der Waals surface area contributed by atoms with Gasteiger partial charge in [0.2, 0.25) is 0 Å². The van der Waals surface area contributed by atoms with Crippen LogP contribution in [0.1, 0.15) is 19.8 Å². The van der Waals surface area contributed by atoms with Crippen LogP contribution in [0.25, 0.3) is 0 Å². The van der Waals surface area contributed by atoms with E-state index < -0.39 is 36.1 Å². The summed E-state index contributed by atoms with van der Waals surface area (Å²) < 4.78 is 0. The Bertz CT molecular complexity index is 322. The van der Waals surface area contributed by atoms with E-state index in [0.717, 1.165) is 0 Å². The number of hydrogen-bond acceptors (Lipinski definition) is 6. The molecule has 20 heavy (non-hydrogen) atoms. The number of hydrogen-bond donors (Lipinski definition) is 6. The molecule has 3 unspecified atom stereocenters. The SMILES string of the molecule is CC(NCCC(NCCC(O)C(=O)O)C(=O)O)C(=O)O. The molecule has 0 aliphatic carbocycles. The van der Waals surface area contributed by atoms with Gasteiger partial charge in [-0.1, -0.05) is 0 Å². The second-order valence-corrected chi connectivity index (χ2v) is 4.29. The van der Waals surface area contributed by atoms with Crippen molar-refractivity contribution in [3.63, 3.8) is 0 Å². The Morgan fingerprint density at radius 2 is 1.45 bits per heavy atom. The Balaban J connectivity index is 4.03. The molecule has 0 aliphatic heterocycles. The van der Waals surface area contributed by atoms with E-state index in [4.69, 9.17) is 20.4 Å². The van der Waals surface area contributed by atoms with E-state index in [-0.39, 0.29) is 25.9 Å². The largest absolute Gasteiger partial charge is 0.480 e. The van der Waals surface area contributed by atoms with Crippen LogP contribution in [0.5, 0.6) is 0 Å². The highest BCUT2D eigenvalue weighted by Crippen LogP contribution is 1.95. The van der Waals surface area contributed by atoms with Gasteiger partial charge in [-0.3, -0.25) is 9.59 Å². The maximum Gasteiger partial charge on any atom is 0.332 e. The zero-order chi connectivity index (χ0) is 15.7. The van der Waals surface area contributed by atoms with Gasteiger partial charge in [0.1, 0.15) is 12.1 Å². The summed E-state index contributed by atoms with van der Waals surface area (Å²) >= 11 is 0. The number of aliphatic hydroxyl groups excluding tert-OH is 1. The third-order valence-electron chi connectivity index (χ3n) is 2.65. The minimum atomic E-state index is -1.54. The third kappa shape index (κ3) is 7.67. The van der Waals surface area contributed by atoms with Crippen molar-refractivity contribution in [2.24, 2.45) is 0 Å². The minimum absolute atomic E-state index is 0.0267. The second kappa shape index (κ2) is 9.23. The van der Waals surface area contributed by atoms with Crippen molar-refractivity contribution in [1.29, 1.82) is 0 Å². The van der Waals surface area contributed by atoms with Gasteiger partial charge in [-0.2, -0.15) is 0 Å². The number of carboxylic acid groups (broad SMARTS) is 3. The molecule has 0 radical (unpaired) electrons. The lowest BCUT2D eigenvalue weighted by Crippen LogP contribution is -2.42. The van der Waals surface area contributed by atoms with Gasteiger partial charge in [-0.15, -0.1) is 0 Å². The first kappa shape index (κ1) is 18.3. The summed E-state index contributed by atoms with van der Waals surface area (Å²) in [6.45, 7) is 1.65. The highest BCUT2D eigenvalue weighted by Gasteiger charge is 2.19. The first-order chi connectivity index (χ1) is 9.25. The molecule has 3 atom stereocenters. The number of carbonyl (C=O) groups is 3. The van der Waals surface area contributed by atoms with Gasteiger partial charge in [0.05, 0.1) is 0 Å². The molecule has 9 nitrogen and oxygen atoms in total. The Morgan fingerprint density at radius 3 is 1.90 bits per heavy atom. The van der Waals surface area contributed by atoms with Crippen LogP contribution in [0.4, 0.5) is 0 Å². The van der Waals surface area contributed by atoms with Gasteiger partial charge in [0, 0.05) is 0 Å². The molecule has 0 saturated heterocycles. The second-order valence-electron chi connectivity index (χ2n) is 4.29. The molecule has 9 heteroatoms. The van der Waals surface area contributed by atoms with Crippen molar-refractivity contribution in [2.45, 2.75) is 38.0 Å². The molecule has 0 amide bonds. The summed E-state index contributed by atoms with van der Waals surface area (Å²) in [5.41, 5.74) is 0. The Hall–Kier alpha value is -1.71. The Labute approximate surface area is 115 Å². The third-order valence-corrected chi connectivity index (χ3v) is 2.65. The van der Waals surface area contributed by atoms with Crippen LogP contribution in [0.3, 0.4) is 0 Å². The first-order valence-electron chi connectivity index (χ1n) is 6.09. The molecule has 116 valence electrons. The molecular weight excluding hydrogens is 272 g/mol. The maximum absolute atomic E-state index is 10.9. The van der Waals surface area contributed by atoms with Crippen molar-refractivity contribution in [3.05, 3.63) is 0 Å². The van der Waals surface area contributed by atoms with Crippen LogP contribution in [-0.2, 0) is 14.4 Å². The van der Waals surface area contributed by atoms with Crippen molar-refractivity contribution < 1.29 is 34.8 Å². The van der Waals surface area contributed by atoms with Gasteiger partial charge in [-0.25, -0.2) is 4.79 Å². The van der Waals surface area contributed by atoms with Crippen molar-refractivity contribution in [3.8, 4) is 0 Å². The fraction of sp³-hybridized carbons (Fsp3) is 0.727. The summed E-state index contributed by atoms with van der Waals surface area (Å²) in [5, 5.41) is 40.3. The molecule has 0 aromatic carbocycles. The molecule has 6 N–H and O–H groups in total. The summed E-state index contributed by atoms with van der Waals surface area (Å²) in [6.07, 6.45) is -1.52. The smallest absolute Gasteiger partial charge is 0.332 e. The quantitative estimate of drug-likeness (QED) is 0.261. The average Bonchev–Trinajstić information content (AvgIpc) is 2.35. The Kier molecular flexibility index (Phi) is 8.45. The molecule has 0 rings (SSSR count). The fourth-order valence-corrected chi connectivity index (χ4v) is 1.36. The zero-order valence-electron chi connectivity index (χ0n) is 11.1. The highest BCUT2D eigenvalue weighted by atomic mass is 16.4. The van der Waals surface area contributed by atoms with Crippen LogP contribution < -0.4 is 10.6 Å². The normalized spacial score (nSPS) is 15.3. The van der Waals surface area contributed by atoms with Crippen LogP contribution in [0.2, 0.25) is 0 Å². The molecule has 0 fully saturated rings. The predicted molar refractivity (Wildman–Crippen MR) is 67.4 cm³/mol. The number of rotatable bonds is 11. The standard InChI is InChI=1S/C11H20N2O7/c1-6(9(15)16)12-4-2-7(10(17)18)13-5-3-8(14)11(19)20/h6-8,12-14H,2-5H2,1H3,(H,15,16)(H,17,18)(H,19,20). The summed E-state index contributed by atoms with van der Waals surface area (Å²) in [4.78, 5) is 31.8. The number of carboxylic acids is 3. The van der Waals surface area contributed by atoms with E-state index in [2.05, 4.69) is 10.6 Å². The van der Waals surface area contributed by atoms with Crippen LogP contribution >= 0.6 is 0 Å². The van der Waals surface area contributed by atoms with E-state index in [0.29, 0.717) is 0 Å². The lowest BCUT2D eigenvalue weighted by atomic mass is 10.1. The van der Waals surface area contributed by atoms with Crippen LogP contribution in [0.15, 0.2) is 0 Å². The fourth-order valence-electron chi connectivity index (χ4n) is 1.36. The summed E-state index contributed by atoms with van der Waals surface area (Å²) in [5.74, 6) is -3.52. The molecule has 0 aromatic heterocycles. The minimum Gasteiger partial charge on any atom is -0.480 e. The van der Waals surface area contributed by atoms with E-state index >= 15 is 0 Å². The van der Waals surface area contributed by atoms with Crippen molar-refractivity contribution in [2.75, 3.05) is 13.1 Å². The monoisotopic (exact) mass is 292 g/mol. The van der Waals surface area contributed by atoms with E-state index in [9.17, 15) is 14.4 Å². The van der Waals surface area contributed by atoms with Crippen LogP contribution in [-0.4, -0.2) is 69.6 Å². The van der Waals surface area contributed by atoms with Crippen molar-refractivity contribution in [1.82, 2.24) is 10.6 Å². The first-order valence-corrected chi connectivity index (χ1v) is 6.09. The summed E-state index contributed by atoms with van der Waals surface area (Å²) in [6, 6.07) is -1.72. The van der Waals surface area contributed by atoms with Gasteiger partial charge < -0.3 is 31.1 Å². The van der Waals surface area contributed by atoms with Crippen molar-refractivity contribution >= 4 is 17.9 Å². The summed E-state index contributed by atoms with van der Waals surface area (Å²) in [7, 11) is 0.